The quantitative estimate of drug-likeness (QED) is 0.638. The van der Waals surface area contributed by atoms with Gasteiger partial charge in [-0.3, -0.25) is 4.79 Å². The Morgan fingerprint density at radius 3 is 2.46 bits per heavy atom. The van der Waals surface area contributed by atoms with E-state index >= 15 is 0 Å². The summed E-state index contributed by atoms with van der Waals surface area (Å²) in [7, 11) is 0. The van der Waals surface area contributed by atoms with Gasteiger partial charge in [0.2, 0.25) is 5.91 Å². The summed E-state index contributed by atoms with van der Waals surface area (Å²) in [5.41, 5.74) is 5.42. The normalized spacial score (nSPS) is 18.0. The monoisotopic (exact) mass is 375 g/mol. The maximum Gasteiger partial charge on any atom is 0.336 e. The Hall–Kier alpha value is -1.81. The lowest BCUT2D eigenvalue weighted by Gasteiger charge is -2.39. The van der Waals surface area contributed by atoms with Gasteiger partial charge in [-0.25, -0.2) is 4.79 Å². The van der Waals surface area contributed by atoms with Crippen molar-refractivity contribution >= 4 is 29.2 Å². The van der Waals surface area contributed by atoms with Gasteiger partial charge in [-0.2, -0.15) is 0 Å². The van der Waals surface area contributed by atoms with E-state index in [0.29, 0.717) is 17.9 Å². The average Bonchev–Trinajstić information content (AvgIpc) is 3.06. The Morgan fingerprint density at radius 1 is 1.19 bits per heavy atom. The summed E-state index contributed by atoms with van der Waals surface area (Å²) in [6, 6.07) is 4.16. The molecular formula is C21H26ClNO3. The van der Waals surface area contributed by atoms with Gasteiger partial charge in [0.05, 0.1) is 17.9 Å². The Morgan fingerprint density at radius 2 is 1.85 bits per heavy atom. The minimum Gasteiger partial charge on any atom is -0.463 e. The minimum atomic E-state index is -0.314. The molecule has 3 rings (SSSR count). The van der Waals surface area contributed by atoms with Crippen LogP contribution >= 0.6 is 11.6 Å². The molecule has 1 amide bonds. The van der Waals surface area contributed by atoms with Crippen molar-refractivity contribution in [3.63, 3.8) is 0 Å². The van der Waals surface area contributed by atoms with Crippen LogP contribution in [-0.2, 0) is 20.7 Å². The number of carbonyl (C=O) groups is 2. The topological polar surface area (TPSA) is 55.4 Å². The highest BCUT2D eigenvalue weighted by molar-refractivity contribution is 6.28. The number of aryl methyl sites for hydroxylation is 2. The fourth-order valence-electron chi connectivity index (χ4n) is 4.56. The highest BCUT2D eigenvalue weighted by atomic mass is 35.5. The lowest BCUT2D eigenvalue weighted by molar-refractivity contribution is -0.139. The smallest absolute Gasteiger partial charge is 0.336 e. The molecule has 0 atom stereocenters. The van der Waals surface area contributed by atoms with Gasteiger partial charge in [0, 0.05) is 11.0 Å². The summed E-state index contributed by atoms with van der Waals surface area (Å²) in [4.78, 5) is 25.2. The van der Waals surface area contributed by atoms with Crippen LogP contribution in [0.25, 0.3) is 5.70 Å². The van der Waals surface area contributed by atoms with Crippen molar-refractivity contribution in [3.05, 3.63) is 40.0 Å². The van der Waals surface area contributed by atoms with Crippen molar-refractivity contribution in [1.82, 2.24) is 5.32 Å². The molecule has 0 aliphatic heterocycles. The summed E-state index contributed by atoms with van der Waals surface area (Å²) >= 11 is 5.76. The lowest BCUT2D eigenvalue weighted by atomic mass is 9.66. The molecule has 26 heavy (non-hydrogen) atoms. The number of rotatable bonds is 4. The second kappa shape index (κ2) is 7.43. The zero-order chi connectivity index (χ0) is 18.9. The number of carbonyl (C=O) groups excluding carboxylic acids is 2. The molecule has 1 fully saturated rings. The molecule has 1 aromatic carbocycles. The van der Waals surface area contributed by atoms with Gasteiger partial charge in [-0.1, -0.05) is 25.0 Å². The number of nitrogens with one attached hydrogen (secondary N) is 1. The molecule has 0 radical (unpaired) electrons. The zero-order valence-electron chi connectivity index (χ0n) is 15.7. The van der Waals surface area contributed by atoms with E-state index in [4.69, 9.17) is 16.3 Å². The highest BCUT2D eigenvalue weighted by Crippen LogP contribution is 2.53. The number of hydrogen-bond donors (Lipinski definition) is 1. The van der Waals surface area contributed by atoms with Gasteiger partial charge in [0.1, 0.15) is 5.88 Å². The molecule has 2 aliphatic rings. The van der Waals surface area contributed by atoms with Crippen LogP contribution in [0.2, 0.25) is 0 Å². The van der Waals surface area contributed by atoms with E-state index in [1.54, 1.807) is 0 Å². The molecule has 5 heteroatoms. The summed E-state index contributed by atoms with van der Waals surface area (Å²) in [6.07, 6.45) is 4.87. The van der Waals surface area contributed by atoms with Gasteiger partial charge in [-0.05, 0) is 56.7 Å². The second-order valence-corrected chi connectivity index (χ2v) is 7.64. The number of esters is 1. The predicted octanol–water partition coefficient (Wildman–Crippen LogP) is 4.05. The Balaban J connectivity index is 2.29. The maximum atomic E-state index is 13.0. The van der Waals surface area contributed by atoms with Crippen molar-refractivity contribution < 1.29 is 14.3 Å². The first-order valence-corrected chi connectivity index (χ1v) is 9.84. The molecule has 0 unspecified atom stereocenters. The zero-order valence-corrected chi connectivity index (χ0v) is 16.5. The van der Waals surface area contributed by atoms with Crippen LogP contribution in [0.15, 0.2) is 17.7 Å². The summed E-state index contributed by atoms with van der Waals surface area (Å²) < 4.78 is 5.42. The maximum absolute atomic E-state index is 13.0. The number of hydrogen-bond acceptors (Lipinski definition) is 3. The van der Waals surface area contributed by atoms with Gasteiger partial charge < -0.3 is 10.1 Å². The molecule has 1 spiro atoms. The van der Waals surface area contributed by atoms with Crippen LogP contribution in [0, 0.1) is 19.3 Å². The van der Waals surface area contributed by atoms with Crippen molar-refractivity contribution in [2.75, 3.05) is 12.5 Å². The van der Waals surface area contributed by atoms with Crippen molar-refractivity contribution in [2.45, 2.75) is 52.9 Å². The van der Waals surface area contributed by atoms with E-state index in [1.807, 2.05) is 19.9 Å². The first-order valence-electron chi connectivity index (χ1n) is 9.30. The Kier molecular flexibility index (Phi) is 5.42. The van der Waals surface area contributed by atoms with E-state index < -0.39 is 0 Å². The molecule has 0 bridgehead atoms. The SMILES string of the molecule is CCOC(=O)C1=C(NC(=O)CCl)c2c(C)ccc(C)c2CC12CCCC2. The Bertz CT molecular complexity index is 776. The third-order valence-corrected chi connectivity index (χ3v) is 5.97. The molecule has 1 saturated carbocycles. The largest absolute Gasteiger partial charge is 0.463 e. The van der Waals surface area contributed by atoms with E-state index in [2.05, 4.69) is 18.3 Å². The molecular weight excluding hydrogens is 350 g/mol. The number of ether oxygens (including phenoxy) is 1. The van der Waals surface area contributed by atoms with Gasteiger partial charge in [-0.15, -0.1) is 11.6 Å². The number of benzene rings is 1. The molecule has 4 nitrogen and oxygen atoms in total. The standard InChI is InChI=1S/C21H26ClNO3/c1-4-26-20(25)18-19(23-16(24)12-22)17-14(3)8-7-13(2)15(17)11-21(18)9-5-6-10-21/h7-8H,4-6,9-12H2,1-3H3,(H,23,24). The average molecular weight is 376 g/mol. The number of halogens is 1. The van der Waals surface area contributed by atoms with Crippen LogP contribution in [0.3, 0.4) is 0 Å². The number of alkyl halides is 1. The third kappa shape index (κ3) is 3.16. The fourth-order valence-corrected chi connectivity index (χ4v) is 4.63. The molecule has 0 heterocycles. The third-order valence-electron chi connectivity index (χ3n) is 5.73. The van der Waals surface area contributed by atoms with Gasteiger partial charge >= 0.3 is 5.97 Å². The Labute approximate surface area is 159 Å². The molecule has 140 valence electrons. The minimum absolute atomic E-state index is 0.146. The summed E-state index contributed by atoms with van der Waals surface area (Å²) in [5, 5.41) is 2.94. The molecule has 2 aliphatic carbocycles. The van der Waals surface area contributed by atoms with E-state index in [9.17, 15) is 9.59 Å². The second-order valence-electron chi connectivity index (χ2n) is 7.37. The van der Waals surface area contributed by atoms with E-state index in [-0.39, 0.29) is 23.2 Å². The van der Waals surface area contributed by atoms with E-state index in [0.717, 1.165) is 43.2 Å². The fraction of sp³-hybridized carbons (Fsp3) is 0.524. The van der Waals surface area contributed by atoms with E-state index in [1.165, 1.54) is 11.1 Å². The van der Waals surface area contributed by atoms with Gasteiger partial charge in [0.15, 0.2) is 0 Å². The highest BCUT2D eigenvalue weighted by Gasteiger charge is 2.47. The number of amides is 1. The van der Waals surface area contributed by atoms with Crippen LogP contribution < -0.4 is 5.32 Å². The first-order chi connectivity index (χ1) is 12.4. The van der Waals surface area contributed by atoms with Gasteiger partial charge in [0.25, 0.3) is 0 Å². The van der Waals surface area contributed by atoms with Crippen LogP contribution in [0.4, 0.5) is 0 Å². The number of fused-ring (bicyclic) bond motifs is 1. The van der Waals surface area contributed by atoms with Crippen LogP contribution in [0.5, 0.6) is 0 Å². The predicted molar refractivity (Wildman–Crippen MR) is 103 cm³/mol. The molecule has 0 aromatic heterocycles. The first kappa shape index (κ1) is 19.0. The molecule has 1 aromatic rings. The molecule has 0 saturated heterocycles. The lowest BCUT2D eigenvalue weighted by Crippen LogP contribution is -2.38. The van der Waals surface area contributed by atoms with Crippen molar-refractivity contribution in [1.29, 1.82) is 0 Å². The van der Waals surface area contributed by atoms with Crippen molar-refractivity contribution in [2.24, 2.45) is 5.41 Å². The molecule has 1 N–H and O–H groups in total. The van der Waals surface area contributed by atoms with Crippen LogP contribution in [0.1, 0.15) is 54.9 Å². The summed E-state index contributed by atoms with van der Waals surface area (Å²) in [5.74, 6) is -0.761. The van der Waals surface area contributed by atoms with Crippen molar-refractivity contribution in [3.8, 4) is 0 Å². The summed E-state index contributed by atoms with van der Waals surface area (Å²) in [6.45, 7) is 6.23. The van der Waals surface area contributed by atoms with Crippen LogP contribution in [-0.4, -0.2) is 24.4 Å².